The number of anilines is 1. The van der Waals surface area contributed by atoms with E-state index in [1.165, 1.54) is 25.7 Å². The number of carbonyl (C=O) groups excluding carboxylic acids is 1. The molecule has 3 nitrogen and oxygen atoms in total. The van der Waals surface area contributed by atoms with Gasteiger partial charge in [-0.05, 0) is 31.0 Å². The Morgan fingerprint density at radius 1 is 1.05 bits per heavy atom. The SMILES string of the molecule is O=C(CNC1CCCCCC1)Nc1cc(Cl)cc(Cl)c1. The van der Waals surface area contributed by atoms with Gasteiger partial charge in [0.05, 0.1) is 6.54 Å². The summed E-state index contributed by atoms with van der Waals surface area (Å²) in [6.45, 7) is 0.328. The van der Waals surface area contributed by atoms with Crippen LogP contribution in [0.25, 0.3) is 0 Å². The second-order valence-corrected chi connectivity index (χ2v) is 6.15. The Balaban J connectivity index is 1.79. The van der Waals surface area contributed by atoms with Crippen molar-refractivity contribution < 1.29 is 4.79 Å². The molecular weight excluding hydrogens is 295 g/mol. The van der Waals surface area contributed by atoms with E-state index in [4.69, 9.17) is 23.2 Å². The van der Waals surface area contributed by atoms with Crippen LogP contribution in [0.1, 0.15) is 38.5 Å². The molecule has 0 saturated heterocycles. The third-order valence-corrected chi connectivity index (χ3v) is 3.99. The van der Waals surface area contributed by atoms with Crippen LogP contribution >= 0.6 is 23.2 Å². The molecular formula is C15H20Cl2N2O. The minimum absolute atomic E-state index is 0.0624. The van der Waals surface area contributed by atoms with Crippen molar-refractivity contribution in [3.05, 3.63) is 28.2 Å². The topological polar surface area (TPSA) is 41.1 Å². The maximum Gasteiger partial charge on any atom is 0.238 e. The summed E-state index contributed by atoms with van der Waals surface area (Å²) in [7, 11) is 0. The molecule has 110 valence electrons. The smallest absolute Gasteiger partial charge is 0.238 e. The minimum atomic E-state index is -0.0624. The van der Waals surface area contributed by atoms with Crippen molar-refractivity contribution >= 4 is 34.8 Å². The number of amides is 1. The van der Waals surface area contributed by atoms with Crippen LogP contribution in [0.15, 0.2) is 18.2 Å². The highest BCUT2D eigenvalue weighted by atomic mass is 35.5. The van der Waals surface area contributed by atoms with Gasteiger partial charge in [0.15, 0.2) is 0 Å². The molecule has 0 radical (unpaired) electrons. The van der Waals surface area contributed by atoms with Crippen molar-refractivity contribution in [1.82, 2.24) is 5.32 Å². The molecule has 1 saturated carbocycles. The van der Waals surface area contributed by atoms with Gasteiger partial charge in [0.1, 0.15) is 0 Å². The van der Waals surface area contributed by atoms with Gasteiger partial charge in [-0.1, -0.05) is 48.9 Å². The van der Waals surface area contributed by atoms with Gasteiger partial charge in [-0.3, -0.25) is 4.79 Å². The maximum absolute atomic E-state index is 11.9. The van der Waals surface area contributed by atoms with Gasteiger partial charge in [0.25, 0.3) is 0 Å². The van der Waals surface area contributed by atoms with Crippen LogP contribution in [-0.2, 0) is 4.79 Å². The lowest BCUT2D eigenvalue weighted by atomic mass is 10.1. The molecule has 0 bridgehead atoms. The Hall–Kier alpha value is -0.770. The zero-order chi connectivity index (χ0) is 14.4. The minimum Gasteiger partial charge on any atom is -0.325 e. The zero-order valence-electron chi connectivity index (χ0n) is 11.4. The molecule has 0 heterocycles. The highest BCUT2D eigenvalue weighted by Gasteiger charge is 2.13. The van der Waals surface area contributed by atoms with E-state index in [1.807, 2.05) is 0 Å². The summed E-state index contributed by atoms with van der Waals surface area (Å²) in [4.78, 5) is 11.9. The predicted octanol–water partition coefficient (Wildman–Crippen LogP) is 4.24. The Bertz CT molecular complexity index is 437. The molecule has 1 aromatic carbocycles. The molecule has 2 rings (SSSR count). The Kier molecular flexibility index (Phi) is 6.14. The third kappa shape index (κ3) is 5.31. The van der Waals surface area contributed by atoms with Crippen LogP contribution in [0.5, 0.6) is 0 Å². The van der Waals surface area contributed by atoms with Gasteiger partial charge in [-0.15, -0.1) is 0 Å². The highest BCUT2D eigenvalue weighted by Crippen LogP contribution is 2.22. The first-order chi connectivity index (χ1) is 9.63. The van der Waals surface area contributed by atoms with Crippen LogP contribution < -0.4 is 10.6 Å². The second kappa shape index (κ2) is 7.87. The van der Waals surface area contributed by atoms with E-state index in [0.717, 1.165) is 12.8 Å². The first kappa shape index (κ1) is 15.6. The normalized spacial score (nSPS) is 16.7. The third-order valence-electron chi connectivity index (χ3n) is 3.55. The number of rotatable bonds is 4. The molecule has 20 heavy (non-hydrogen) atoms. The lowest BCUT2D eigenvalue weighted by molar-refractivity contribution is -0.115. The van der Waals surface area contributed by atoms with Crippen molar-refractivity contribution in [2.75, 3.05) is 11.9 Å². The second-order valence-electron chi connectivity index (χ2n) is 5.28. The predicted molar refractivity (Wildman–Crippen MR) is 84.6 cm³/mol. The Morgan fingerprint density at radius 3 is 2.25 bits per heavy atom. The van der Waals surface area contributed by atoms with Gasteiger partial charge in [-0.25, -0.2) is 0 Å². The van der Waals surface area contributed by atoms with Gasteiger partial charge >= 0.3 is 0 Å². The van der Waals surface area contributed by atoms with Crippen molar-refractivity contribution in [3.63, 3.8) is 0 Å². The van der Waals surface area contributed by atoms with Crippen molar-refractivity contribution in [1.29, 1.82) is 0 Å². The summed E-state index contributed by atoms with van der Waals surface area (Å²) in [5.74, 6) is -0.0624. The molecule has 0 unspecified atom stereocenters. The molecule has 0 atom stereocenters. The summed E-state index contributed by atoms with van der Waals surface area (Å²) in [5.41, 5.74) is 0.634. The lowest BCUT2D eigenvalue weighted by Gasteiger charge is -2.16. The number of halogens is 2. The molecule has 1 aliphatic carbocycles. The monoisotopic (exact) mass is 314 g/mol. The van der Waals surface area contributed by atoms with E-state index >= 15 is 0 Å². The fourth-order valence-corrected chi connectivity index (χ4v) is 3.08. The van der Waals surface area contributed by atoms with E-state index in [-0.39, 0.29) is 5.91 Å². The summed E-state index contributed by atoms with van der Waals surface area (Å²) >= 11 is 11.8. The van der Waals surface area contributed by atoms with Gasteiger partial charge in [-0.2, -0.15) is 0 Å². The number of hydrogen-bond donors (Lipinski definition) is 2. The van der Waals surface area contributed by atoms with Crippen LogP contribution in [0.3, 0.4) is 0 Å². The first-order valence-electron chi connectivity index (χ1n) is 7.13. The van der Waals surface area contributed by atoms with E-state index in [2.05, 4.69) is 10.6 Å². The number of benzene rings is 1. The van der Waals surface area contributed by atoms with Gasteiger partial charge in [0.2, 0.25) is 5.91 Å². The summed E-state index contributed by atoms with van der Waals surface area (Å²) in [6, 6.07) is 5.49. The lowest BCUT2D eigenvalue weighted by Crippen LogP contribution is -2.35. The quantitative estimate of drug-likeness (QED) is 0.816. The standard InChI is InChI=1S/C15H20Cl2N2O/c16-11-7-12(17)9-14(8-11)19-15(20)10-18-13-5-3-1-2-4-6-13/h7-9,13,18H,1-6,10H2,(H,19,20). The summed E-state index contributed by atoms with van der Waals surface area (Å²) in [6.07, 6.45) is 7.45. The molecule has 1 amide bonds. The molecule has 0 aromatic heterocycles. The zero-order valence-corrected chi connectivity index (χ0v) is 12.9. The highest BCUT2D eigenvalue weighted by molar-refractivity contribution is 6.35. The molecule has 5 heteroatoms. The first-order valence-corrected chi connectivity index (χ1v) is 7.88. The average Bonchev–Trinajstić information content (AvgIpc) is 2.63. The van der Waals surface area contributed by atoms with Crippen LogP contribution in [0.2, 0.25) is 10.0 Å². The summed E-state index contributed by atoms with van der Waals surface area (Å²) < 4.78 is 0. The van der Waals surface area contributed by atoms with Gasteiger partial charge in [0, 0.05) is 21.8 Å². The van der Waals surface area contributed by atoms with E-state index in [0.29, 0.717) is 28.3 Å². The molecule has 1 fully saturated rings. The van der Waals surface area contributed by atoms with Crippen LogP contribution in [0, 0.1) is 0 Å². The fourth-order valence-electron chi connectivity index (χ4n) is 2.55. The van der Waals surface area contributed by atoms with Gasteiger partial charge < -0.3 is 10.6 Å². The van der Waals surface area contributed by atoms with E-state index in [9.17, 15) is 4.79 Å². The molecule has 1 aliphatic rings. The molecule has 0 aliphatic heterocycles. The number of hydrogen-bond acceptors (Lipinski definition) is 2. The van der Waals surface area contributed by atoms with Crippen molar-refractivity contribution in [3.8, 4) is 0 Å². The number of carbonyl (C=O) groups is 1. The van der Waals surface area contributed by atoms with Crippen molar-refractivity contribution in [2.45, 2.75) is 44.6 Å². The molecule has 1 aromatic rings. The molecule has 0 spiro atoms. The Labute approximate surface area is 130 Å². The Morgan fingerprint density at radius 2 is 1.65 bits per heavy atom. The fraction of sp³-hybridized carbons (Fsp3) is 0.533. The number of nitrogens with one attached hydrogen (secondary N) is 2. The maximum atomic E-state index is 11.9. The van der Waals surface area contributed by atoms with E-state index in [1.54, 1.807) is 18.2 Å². The van der Waals surface area contributed by atoms with Crippen LogP contribution in [0.4, 0.5) is 5.69 Å². The summed E-state index contributed by atoms with van der Waals surface area (Å²) in [5, 5.41) is 7.18. The largest absolute Gasteiger partial charge is 0.325 e. The average molecular weight is 315 g/mol. The van der Waals surface area contributed by atoms with Crippen LogP contribution in [-0.4, -0.2) is 18.5 Å². The van der Waals surface area contributed by atoms with E-state index < -0.39 is 0 Å². The van der Waals surface area contributed by atoms with Crippen molar-refractivity contribution in [2.24, 2.45) is 0 Å². The molecule has 2 N–H and O–H groups in total.